The summed E-state index contributed by atoms with van der Waals surface area (Å²) < 4.78 is 26.3. The zero-order valence-electron chi connectivity index (χ0n) is 13.3. The molecular formula is C19H20F2N2O. The number of amides is 1. The van der Waals surface area contributed by atoms with E-state index in [4.69, 9.17) is 0 Å². The van der Waals surface area contributed by atoms with Crippen molar-refractivity contribution in [3.05, 3.63) is 71.3 Å². The topological polar surface area (TPSA) is 41.1 Å². The average molecular weight is 330 g/mol. The first-order valence-electron chi connectivity index (χ1n) is 8.15. The first-order valence-corrected chi connectivity index (χ1v) is 8.15. The minimum absolute atomic E-state index is 0.108. The maximum Gasteiger partial charge on any atom is 0.241 e. The Morgan fingerprint density at radius 3 is 2.50 bits per heavy atom. The number of halogens is 2. The Bertz CT molecular complexity index is 699. The number of carbonyl (C=O) groups is 1. The Morgan fingerprint density at radius 2 is 1.83 bits per heavy atom. The van der Waals surface area contributed by atoms with Crippen molar-refractivity contribution < 1.29 is 13.6 Å². The summed E-state index contributed by atoms with van der Waals surface area (Å²) in [4.78, 5) is 12.4. The van der Waals surface area contributed by atoms with E-state index in [1.807, 2.05) is 6.07 Å². The lowest BCUT2D eigenvalue weighted by Crippen LogP contribution is -2.39. The van der Waals surface area contributed by atoms with Gasteiger partial charge in [0, 0.05) is 12.6 Å². The monoisotopic (exact) mass is 330 g/mol. The van der Waals surface area contributed by atoms with Crippen molar-refractivity contribution in [2.75, 3.05) is 6.54 Å². The third kappa shape index (κ3) is 4.61. The molecular weight excluding hydrogens is 310 g/mol. The van der Waals surface area contributed by atoms with Gasteiger partial charge in [0.25, 0.3) is 0 Å². The molecule has 1 amide bonds. The highest BCUT2D eigenvalue weighted by Crippen LogP contribution is 2.21. The Balaban J connectivity index is 1.64. The molecule has 1 saturated carbocycles. The van der Waals surface area contributed by atoms with Crippen LogP contribution < -0.4 is 10.6 Å². The van der Waals surface area contributed by atoms with Crippen LogP contribution in [0, 0.1) is 11.6 Å². The molecule has 0 aliphatic heterocycles. The number of benzene rings is 2. The molecule has 1 fully saturated rings. The van der Waals surface area contributed by atoms with Gasteiger partial charge in [0.05, 0.1) is 0 Å². The number of carbonyl (C=O) groups excluding carboxylic acids is 1. The highest BCUT2D eigenvalue weighted by Gasteiger charge is 2.28. The summed E-state index contributed by atoms with van der Waals surface area (Å²) in [6.07, 6.45) is 2.61. The molecule has 24 heavy (non-hydrogen) atoms. The molecule has 0 bridgehead atoms. The van der Waals surface area contributed by atoms with Crippen LogP contribution in [-0.4, -0.2) is 18.5 Å². The van der Waals surface area contributed by atoms with Crippen LogP contribution in [0.1, 0.15) is 30.0 Å². The van der Waals surface area contributed by atoms with Crippen molar-refractivity contribution in [1.29, 1.82) is 0 Å². The summed E-state index contributed by atoms with van der Waals surface area (Å²) in [6.45, 7) is 0.517. The lowest BCUT2D eigenvalue weighted by Gasteiger charge is -2.19. The fourth-order valence-corrected chi connectivity index (χ4v) is 2.58. The van der Waals surface area contributed by atoms with Gasteiger partial charge in [0.2, 0.25) is 5.91 Å². The van der Waals surface area contributed by atoms with Gasteiger partial charge in [-0.05, 0) is 54.7 Å². The van der Waals surface area contributed by atoms with Crippen LogP contribution >= 0.6 is 0 Å². The van der Waals surface area contributed by atoms with Gasteiger partial charge in [0.1, 0.15) is 17.7 Å². The minimum atomic E-state index is -0.542. The van der Waals surface area contributed by atoms with E-state index < -0.39 is 6.04 Å². The molecule has 0 spiro atoms. The molecule has 2 N–H and O–H groups in total. The Morgan fingerprint density at radius 1 is 1.08 bits per heavy atom. The lowest BCUT2D eigenvalue weighted by atomic mass is 10.1. The molecule has 126 valence electrons. The fraction of sp³-hybridized carbons (Fsp3) is 0.316. The molecule has 3 nitrogen and oxygen atoms in total. The second-order valence-electron chi connectivity index (χ2n) is 6.10. The van der Waals surface area contributed by atoms with Gasteiger partial charge in [-0.1, -0.05) is 24.3 Å². The number of rotatable bonds is 7. The molecule has 5 heteroatoms. The molecule has 0 radical (unpaired) electrons. The Kier molecular flexibility index (Phi) is 5.20. The third-order valence-corrected chi connectivity index (χ3v) is 4.04. The zero-order valence-corrected chi connectivity index (χ0v) is 13.3. The molecule has 1 aliphatic carbocycles. The Hall–Kier alpha value is -2.27. The summed E-state index contributed by atoms with van der Waals surface area (Å²) in [6, 6.07) is 12.0. The van der Waals surface area contributed by atoms with Crippen molar-refractivity contribution in [3.63, 3.8) is 0 Å². The smallest absolute Gasteiger partial charge is 0.241 e. The molecule has 1 atom stereocenters. The van der Waals surface area contributed by atoms with Crippen LogP contribution in [0.3, 0.4) is 0 Å². The molecule has 3 rings (SSSR count). The molecule has 0 heterocycles. The number of hydrogen-bond donors (Lipinski definition) is 2. The SMILES string of the molecule is O=C(NC1CC1)C(NCCc1cccc(F)c1)c1ccc(F)cc1. The normalized spacial score (nSPS) is 15.1. The highest BCUT2D eigenvalue weighted by atomic mass is 19.1. The molecule has 2 aromatic carbocycles. The maximum absolute atomic E-state index is 13.2. The van der Waals surface area contributed by atoms with E-state index >= 15 is 0 Å². The Labute approximate surface area is 140 Å². The van der Waals surface area contributed by atoms with E-state index in [0.717, 1.165) is 18.4 Å². The van der Waals surface area contributed by atoms with Crippen LogP contribution in [-0.2, 0) is 11.2 Å². The first-order chi connectivity index (χ1) is 11.6. The largest absolute Gasteiger partial charge is 0.352 e. The van der Waals surface area contributed by atoms with Gasteiger partial charge in [-0.2, -0.15) is 0 Å². The van der Waals surface area contributed by atoms with Crippen molar-refractivity contribution >= 4 is 5.91 Å². The predicted molar refractivity (Wildman–Crippen MR) is 88.4 cm³/mol. The van der Waals surface area contributed by atoms with Crippen LogP contribution in [0.2, 0.25) is 0 Å². The van der Waals surface area contributed by atoms with Crippen molar-refractivity contribution in [2.24, 2.45) is 0 Å². The summed E-state index contributed by atoms with van der Waals surface area (Å²) in [5.74, 6) is -0.711. The summed E-state index contributed by atoms with van der Waals surface area (Å²) in [5.41, 5.74) is 1.58. The van der Waals surface area contributed by atoms with Crippen LogP contribution in [0.5, 0.6) is 0 Å². The lowest BCUT2D eigenvalue weighted by molar-refractivity contribution is -0.123. The third-order valence-electron chi connectivity index (χ3n) is 4.04. The highest BCUT2D eigenvalue weighted by molar-refractivity contribution is 5.83. The fourth-order valence-electron chi connectivity index (χ4n) is 2.58. The number of nitrogens with one attached hydrogen (secondary N) is 2. The summed E-state index contributed by atoms with van der Waals surface area (Å²) in [7, 11) is 0. The van der Waals surface area contributed by atoms with Crippen molar-refractivity contribution in [3.8, 4) is 0 Å². The van der Waals surface area contributed by atoms with Crippen LogP contribution in [0.4, 0.5) is 8.78 Å². The van der Waals surface area contributed by atoms with Crippen molar-refractivity contribution in [2.45, 2.75) is 31.3 Å². The molecule has 1 aliphatic rings. The van der Waals surface area contributed by atoms with Gasteiger partial charge in [-0.3, -0.25) is 4.79 Å². The molecule has 2 aromatic rings. The van der Waals surface area contributed by atoms with Gasteiger partial charge in [-0.15, -0.1) is 0 Å². The summed E-state index contributed by atoms with van der Waals surface area (Å²) in [5, 5.41) is 6.17. The second-order valence-corrected chi connectivity index (χ2v) is 6.10. The minimum Gasteiger partial charge on any atom is -0.352 e. The molecule has 0 saturated heterocycles. The number of hydrogen-bond acceptors (Lipinski definition) is 2. The van der Waals surface area contributed by atoms with E-state index in [9.17, 15) is 13.6 Å². The predicted octanol–water partition coefficient (Wildman–Crippen LogP) is 3.12. The van der Waals surface area contributed by atoms with Crippen LogP contribution in [0.15, 0.2) is 48.5 Å². The zero-order chi connectivity index (χ0) is 16.9. The van der Waals surface area contributed by atoms with Crippen LogP contribution in [0.25, 0.3) is 0 Å². The van der Waals surface area contributed by atoms with Gasteiger partial charge < -0.3 is 10.6 Å². The second kappa shape index (κ2) is 7.53. The van der Waals surface area contributed by atoms with Gasteiger partial charge >= 0.3 is 0 Å². The van der Waals surface area contributed by atoms with Gasteiger partial charge in [-0.25, -0.2) is 8.78 Å². The molecule has 0 aromatic heterocycles. The van der Waals surface area contributed by atoms with E-state index in [1.165, 1.54) is 24.3 Å². The van der Waals surface area contributed by atoms with E-state index in [-0.39, 0.29) is 23.6 Å². The van der Waals surface area contributed by atoms with Gasteiger partial charge in [0.15, 0.2) is 0 Å². The average Bonchev–Trinajstić information content (AvgIpc) is 3.37. The summed E-state index contributed by atoms with van der Waals surface area (Å²) >= 11 is 0. The van der Waals surface area contributed by atoms with Crippen molar-refractivity contribution in [1.82, 2.24) is 10.6 Å². The molecule has 1 unspecified atom stereocenters. The quantitative estimate of drug-likeness (QED) is 0.819. The van der Waals surface area contributed by atoms with E-state index in [0.29, 0.717) is 18.5 Å². The van der Waals surface area contributed by atoms with E-state index in [2.05, 4.69) is 10.6 Å². The first kappa shape index (κ1) is 16.6. The standard InChI is InChI=1S/C19H20F2N2O/c20-15-6-4-14(5-7-15)18(19(24)23-17-8-9-17)22-11-10-13-2-1-3-16(21)12-13/h1-7,12,17-18,22H,8-11H2,(H,23,24). The maximum atomic E-state index is 13.2. The van der Waals surface area contributed by atoms with E-state index in [1.54, 1.807) is 18.2 Å².